The van der Waals surface area contributed by atoms with Gasteiger partial charge in [0.2, 0.25) is 5.75 Å². The Labute approximate surface area is 166 Å². The van der Waals surface area contributed by atoms with E-state index in [-0.39, 0.29) is 5.41 Å². The zero-order chi connectivity index (χ0) is 20.1. The van der Waals surface area contributed by atoms with Crippen molar-refractivity contribution in [3.63, 3.8) is 0 Å². The molecule has 3 rings (SSSR count). The van der Waals surface area contributed by atoms with Crippen LogP contribution in [0.2, 0.25) is 0 Å². The van der Waals surface area contributed by atoms with Gasteiger partial charge in [-0.25, -0.2) is 4.98 Å². The normalized spacial score (nSPS) is 11.3. The molecule has 28 heavy (non-hydrogen) atoms. The smallest absolute Gasteiger partial charge is 0.203 e. The lowest BCUT2D eigenvalue weighted by Crippen LogP contribution is -2.10. The van der Waals surface area contributed by atoms with Crippen LogP contribution in [0.1, 0.15) is 26.3 Å². The molecular formula is C23H28N2O3. The molecule has 2 aromatic carbocycles. The number of benzene rings is 2. The van der Waals surface area contributed by atoms with Crippen LogP contribution in [0.3, 0.4) is 0 Å². The van der Waals surface area contributed by atoms with Crippen LogP contribution >= 0.6 is 0 Å². The van der Waals surface area contributed by atoms with E-state index in [9.17, 15) is 0 Å². The Morgan fingerprint density at radius 1 is 0.929 bits per heavy atom. The van der Waals surface area contributed by atoms with Gasteiger partial charge in [0.1, 0.15) is 6.61 Å². The molecule has 0 amide bonds. The molecule has 0 bridgehead atoms. The van der Waals surface area contributed by atoms with Gasteiger partial charge in [0, 0.05) is 12.4 Å². The van der Waals surface area contributed by atoms with Crippen molar-refractivity contribution < 1.29 is 14.2 Å². The Kier molecular flexibility index (Phi) is 5.93. The van der Waals surface area contributed by atoms with Crippen LogP contribution in [0, 0.1) is 0 Å². The summed E-state index contributed by atoms with van der Waals surface area (Å²) >= 11 is 0. The summed E-state index contributed by atoms with van der Waals surface area (Å²) in [5.41, 5.74) is 3.55. The van der Waals surface area contributed by atoms with Crippen LogP contribution in [0.15, 0.2) is 55.1 Å². The van der Waals surface area contributed by atoms with Crippen LogP contribution in [0.4, 0.5) is 0 Å². The molecule has 0 saturated carbocycles. The van der Waals surface area contributed by atoms with Crippen LogP contribution < -0.4 is 14.2 Å². The molecule has 0 aliphatic rings. The fraction of sp³-hybridized carbons (Fsp3) is 0.348. The predicted molar refractivity (Wildman–Crippen MR) is 111 cm³/mol. The van der Waals surface area contributed by atoms with E-state index < -0.39 is 0 Å². The number of imidazole rings is 1. The molecule has 1 aromatic heterocycles. The van der Waals surface area contributed by atoms with E-state index in [1.165, 1.54) is 5.56 Å². The zero-order valence-electron chi connectivity index (χ0n) is 17.2. The SMILES string of the molecule is COc1cc(-c2ccc(C(C)(C)C)cc2)cc(OCCn2ccnc2)c1OC. The topological polar surface area (TPSA) is 45.5 Å². The van der Waals surface area contributed by atoms with E-state index in [2.05, 4.69) is 50.0 Å². The van der Waals surface area contributed by atoms with Crippen molar-refractivity contribution in [2.75, 3.05) is 20.8 Å². The first-order chi connectivity index (χ1) is 13.4. The number of methoxy groups -OCH3 is 2. The minimum atomic E-state index is 0.123. The lowest BCUT2D eigenvalue weighted by atomic mass is 9.86. The minimum Gasteiger partial charge on any atom is -0.493 e. The molecule has 0 atom stereocenters. The van der Waals surface area contributed by atoms with Crippen LogP contribution in [0.25, 0.3) is 11.1 Å². The summed E-state index contributed by atoms with van der Waals surface area (Å²) in [5, 5.41) is 0. The van der Waals surface area contributed by atoms with E-state index >= 15 is 0 Å². The molecule has 3 aromatic rings. The molecule has 5 nitrogen and oxygen atoms in total. The number of ether oxygens (including phenoxy) is 3. The van der Waals surface area contributed by atoms with E-state index in [1.54, 1.807) is 26.7 Å². The first-order valence-electron chi connectivity index (χ1n) is 9.38. The molecule has 148 valence electrons. The quantitative estimate of drug-likeness (QED) is 0.582. The Hall–Kier alpha value is -2.95. The third-order valence-electron chi connectivity index (χ3n) is 4.70. The Balaban J connectivity index is 1.88. The molecule has 0 saturated heterocycles. The summed E-state index contributed by atoms with van der Waals surface area (Å²) in [7, 11) is 3.26. The largest absolute Gasteiger partial charge is 0.493 e. The number of nitrogens with zero attached hydrogens (tertiary/aromatic N) is 2. The maximum atomic E-state index is 6.03. The van der Waals surface area contributed by atoms with Crippen molar-refractivity contribution in [1.29, 1.82) is 0 Å². The van der Waals surface area contributed by atoms with Crippen LogP contribution in [-0.4, -0.2) is 30.4 Å². The van der Waals surface area contributed by atoms with Crippen molar-refractivity contribution in [2.45, 2.75) is 32.7 Å². The van der Waals surface area contributed by atoms with Gasteiger partial charge in [-0.05, 0) is 34.2 Å². The third-order valence-corrected chi connectivity index (χ3v) is 4.70. The van der Waals surface area contributed by atoms with Gasteiger partial charge in [-0.3, -0.25) is 0 Å². The highest BCUT2D eigenvalue weighted by molar-refractivity contribution is 5.71. The molecule has 1 heterocycles. The van der Waals surface area contributed by atoms with Crippen molar-refractivity contribution in [3.8, 4) is 28.4 Å². The lowest BCUT2D eigenvalue weighted by Gasteiger charge is -2.20. The highest BCUT2D eigenvalue weighted by atomic mass is 16.5. The maximum Gasteiger partial charge on any atom is 0.203 e. The summed E-state index contributed by atoms with van der Waals surface area (Å²) in [4.78, 5) is 4.05. The molecule has 0 aliphatic heterocycles. The number of rotatable bonds is 7. The number of hydrogen-bond donors (Lipinski definition) is 0. The zero-order valence-corrected chi connectivity index (χ0v) is 17.2. The highest BCUT2D eigenvalue weighted by Gasteiger charge is 2.16. The van der Waals surface area contributed by atoms with Gasteiger partial charge in [-0.15, -0.1) is 0 Å². The molecule has 5 heteroatoms. The van der Waals surface area contributed by atoms with Crippen LogP contribution in [0.5, 0.6) is 17.2 Å². The first-order valence-corrected chi connectivity index (χ1v) is 9.38. The predicted octanol–water partition coefficient (Wildman–Crippen LogP) is 4.94. The Bertz CT molecular complexity index is 895. The summed E-state index contributed by atoms with van der Waals surface area (Å²) in [6, 6.07) is 12.6. The summed E-state index contributed by atoms with van der Waals surface area (Å²) in [5.74, 6) is 1.91. The van der Waals surface area contributed by atoms with Gasteiger partial charge in [-0.1, -0.05) is 45.0 Å². The monoisotopic (exact) mass is 380 g/mol. The average Bonchev–Trinajstić information content (AvgIpc) is 3.20. The molecule has 0 N–H and O–H groups in total. The fourth-order valence-electron chi connectivity index (χ4n) is 3.05. The molecule has 0 unspecified atom stereocenters. The van der Waals surface area contributed by atoms with E-state index in [1.807, 2.05) is 22.9 Å². The van der Waals surface area contributed by atoms with E-state index in [0.717, 1.165) is 11.1 Å². The molecule has 0 aliphatic carbocycles. The van der Waals surface area contributed by atoms with Gasteiger partial charge < -0.3 is 18.8 Å². The molecule has 0 fully saturated rings. The summed E-state index contributed by atoms with van der Waals surface area (Å²) < 4.78 is 19.1. The summed E-state index contributed by atoms with van der Waals surface area (Å²) in [6.45, 7) is 7.85. The average molecular weight is 380 g/mol. The fourth-order valence-corrected chi connectivity index (χ4v) is 3.05. The lowest BCUT2D eigenvalue weighted by molar-refractivity contribution is 0.272. The molecular weight excluding hydrogens is 352 g/mol. The van der Waals surface area contributed by atoms with Gasteiger partial charge in [-0.2, -0.15) is 0 Å². The number of hydrogen-bond acceptors (Lipinski definition) is 4. The summed E-state index contributed by atoms with van der Waals surface area (Å²) in [6.07, 6.45) is 5.44. The molecule has 0 spiro atoms. The minimum absolute atomic E-state index is 0.123. The molecule has 0 radical (unpaired) electrons. The Morgan fingerprint density at radius 2 is 1.64 bits per heavy atom. The highest BCUT2D eigenvalue weighted by Crippen LogP contribution is 2.41. The van der Waals surface area contributed by atoms with E-state index in [4.69, 9.17) is 14.2 Å². The van der Waals surface area contributed by atoms with Gasteiger partial charge in [0.15, 0.2) is 11.5 Å². The van der Waals surface area contributed by atoms with Crippen molar-refractivity contribution in [3.05, 3.63) is 60.7 Å². The number of aromatic nitrogens is 2. The third kappa shape index (κ3) is 4.47. The van der Waals surface area contributed by atoms with E-state index in [0.29, 0.717) is 30.4 Å². The van der Waals surface area contributed by atoms with Crippen molar-refractivity contribution in [2.24, 2.45) is 0 Å². The second-order valence-electron chi connectivity index (χ2n) is 7.69. The van der Waals surface area contributed by atoms with Gasteiger partial charge in [0.05, 0.1) is 27.1 Å². The van der Waals surface area contributed by atoms with Crippen molar-refractivity contribution >= 4 is 0 Å². The Morgan fingerprint density at radius 3 is 2.21 bits per heavy atom. The van der Waals surface area contributed by atoms with Crippen molar-refractivity contribution in [1.82, 2.24) is 9.55 Å². The first kappa shape index (κ1) is 19.8. The maximum absolute atomic E-state index is 6.03. The second-order valence-corrected chi connectivity index (χ2v) is 7.69. The standard InChI is InChI=1S/C23H28N2O3/c1-23(2,3)19-8-6-17(7-9-19)18-14-20(26-4)22(27-5)21(15-18)28-13-12-25-11-10-24-16-25/h6-11,14-16H,12-13H2,1-5H3. The second kappa shape index (κ2) is 8.38. The van der Waals surface area contributed by atoms with Gasteiger partial charge >= 0.3 is 0 Å². The van der Waals surface area contributed by atoms with Crippen LogP contribution in [-0.2, 0) is 12.0 Å². The van der Waals surface area contributed by atoms with Gasteiger partial charge in [0.25, 0.3) is 0 Å².